The number of rotatable bonds is 5. The smallest absolute Gasteiger partial charge is 0.335 e. The van der Waals surface area contributed by atoms with E-state index in [-0.39, 0.29) is 0 Å². The summed E-state index contributed by atoms with van der Waals surface area (Å²) in [5.74, 6) is 0.0648. The SMILES string of the molecule is COCC=CC(=O)Oc1ccccc1CN. The Kier molecular flexibility index (Phi) is 5.25. The van der Waals surface area contributed by atoms with Crippen molar-refractivity contribution in [3.63, 3.8) is 0 Å². The molecule has 0 atom stereocenters. The summed E-state index contributed by atoms with van der Waals surface area (Å²) in [4.78, 5) is 11.4. The van der Waals surface area contributed by atoms with Crippen LogP contribution in [-0.4, -0.2) is 19.7 Å². The van der Waals surface area contributed by atoms with Crippen molar-refractivity contribution < 1.29 is 14.3 Å². The number of hydrogen-bond donors (Lipinski definition) is 1. The molecule has 0 radical (unpaired) electrons. The van der Waals surface area contributed by atoms with Gasteiger partial charge in [0.15, 0.2) is 0 Å². The van der Waals surface area contributed by atoms with Crippen molar-refractivity contribution >= 4 is 5.97 Å². The van der Waals surface area contributed by atoms with Gasteiger partial charge < -0.3 is 15.2 Å². The summed E-state index contributed by atoms with van der Waals surface area (Å²) in [6, 6.07) is 7.17. The summed E-state index contributed by atoms with van der Waals surface area (Å²) in [7, 11) is 1.55. The number of carbonyl (C=O) groups is 1. The molecular formula is C12H15NO3. The summed E-state index contributed by atoms with van der Waals surface area (Å²) in [5, 5.41) is 0. The normalized spacial score (nSPS) is 10.6. The van der Waals surface area contributed by atoms with Gasteiger partial charge in [0.05, 0.1) is 6.61 Å². The molecule has 16 heavy (non-hydrogen) atoms. The number of para-hydroxylation sites is 1. The Morgan fingerprint density at radius 2 is 2.19 bits per heavy atom. The number of nitrogens with two attached hydrogens (primary N) is 1. The molecule has 0 aliphatic heterocycles. The second-order valence-corrected chi connectivity index (χ2v) is 3.09. The first-order valence-corrected chi connectivity index (χ1v) is 4.93. The largest absolute Gasteiger partial charge is 0.423 e. The number of methoxy groups -OCH3 is 1. The van der Waals surface area contributed by atoms with Gasteiger partial charge in [0.2, 0.25) is 0 Å². The van der Waals surface area contributed by atoms with E-state index >= 15 is 0 Å². The summed E-state index contributed by atoms with van der Waals surface area (Å²) in [6.07, 6.45) is 2.92. The monoisotopic (exact) mass is 221 g/mol. The van der Waals surface area contributed by atoms with Crippen molar-refractivity contribution in [2.24, 2.45) is 5.73 Å². The Bertz CT molecular complexity index is 374. The maximum absolute atomic E-state index is 11.4. The molecule has 4 heteroatoms. The molecule has 0 saturated heterocycles. The molecule has 0 saturated carbocycles. The van der Waals surface area contributed by atoms with Crippen molar-refractivity contribution in [1.29, 1.82) is 0 Å². The van der Waals surface area contributed by atoms with Crippen LogP contribution < -0.4 is 10.5 Å². The van der Waals surface area contributed by atoms with E-state index in [1.807, 2.05) is 12.1 Å². The highest BCUT2D eigenvalue weighted by Gasteiger charge is 2.04. The summed E-state index contributed by atoms with van der Waals surface area (Å²) in [5.41, 5.74) is 6.32. The van der Waals surface area contributed by atoms with Gasteiger partial charge in [-0.25, -0.2) is 4.79 Å². The highest BCUT2D eigenvalue weighted by atomic mass is 16.5. The molecule has 0 aliphatic rings. The lowest BCUT2D eigenvalue weighted by Crippen LogP contribution is -2.08. The Morgan fingerprint density at radius 3 is 2.88 bits per heavy atom. The number of benzene rings is 1. The average Bonchev–Trinajstić information content (AvgIpc) is 2.30. The van der Waals surface area contributed by atoms with Crippen LogP contribution in [-0.2, 0) is 16.1 Å². The van der Waals surface area contributed by atoms with Crippen LogP contribution in [0.4, 0.5) is 0 Å². The summed E-state index contributed by atoms with van der Waals surface area (Å²) in [6.45, 7) is 0.721. The zero-order valence-electron chi connectivity index (χ0n) is 9.18. The fourth-order valence-corrected chi connectivity index (χ4v) is 1.15. The third-order valence-electron chi connectivity index (χ3n) is 1.92. The van der Waals surface area contributed by atoms with Crippen LogP contribution in [0.1, 0.15) is 5.56 Å². The highest BCUT2D eigenvalue weighted by molar-refractivity contribution is 5.84. The van der Waals surface area contributed by atoms with Crippen LogP contribution in [0.2, 0.25) is 0 Å². The lowest BCUT2D eigenvalue weighted by molar-refractivity contribution is -0.129. The standard InChI is InChI=1S/C12H15NO3/c1-15-8-4-7-12(14)16-11-6-3-2-5-10(11)9-13/h2-7H,8-9,13H2,1H3. The van der Waals surface area contributed by atoms with Crippen LogP contribution in [0.3, 0.4) is 0 Å². The van der Waals surface area contributed by atoms with E-state index in [0.29, 0.717) is 18.9 Å². The minimum absolute atomic E-state index is 0.339. The lowest BCUT2D eigenvalue weighted by atomic mass is 10.2. The molecule has 0 fully saturated rings. The fraction of sp³-hybridized carbons (Fsp3) is 0.250. The second kappa shape index (κ2) is 6.76. The topological polar surface area (TPSA) is 61.5 Å². The molecule has 0 heterocycles. The molecule has 4 nitrogen and oxygen atoms in total. The van der Waals surface area contributed by atoms with Gasteiger partial charge in [-0.2, -0.15) is 0 Å². The van der Waals surface area contributed by atoms with Gasteiger partial charge in [0.1, 0.15) is 5.75 Å². The van der Waals surface area contributed by atoms with Crippen molar-refractivity contribution in [2.75, 3.05) is 13.7 Å². The average molecular weight is 221 g/mol. The van der Waals surface area contributed by atoms with Crippen molar-refractivity contribution in [3.05, 3.63) is 42.0 Å². The van der Waals surface area contributed by atoms with Gasteiger partial charge in [-0.1, -0.05) is 24.3 Å². The summed E-state index contributed by atoms with van der Waals surface area (Å²) >= 11 is 0. The zero-order chi connectivity index (χ0) is 11.8. The van der Waals surface area contributed by atoms with Crippen molar-refractivity contribution in [1.82, 2.24) is 0 Å². The van der Waals surface area contributed by atoms with Gasteiger partial charge in [0, 0.05) is 25.3 Å². The van der Waals surface area contributed by atoms with Gasteiger partial charge in [0.25, 0.3) is 0 Å². The number of esters is 1. The zero-order valence-corrected chi connectivity index (χ0v) is 9.18. The van der Waals surface area contributed by atoms with Crippen molar-refractivity contribution in [3.8, 4) is 5.75 Å². The Labute approximate surface area is 94.7 Å². The minimum atomic E-state index is -0.432. The van der Waals surface area contributed by atoms with E-state index < -0.39 is 5.97 Å². The van der Waals surface area contributed by atoms with E-state index in [1.165, 1.54) is 6.08 Å². The molecule has 1 aromatic rings. The van der Waals surface area contributed by atoms with E-state index in [0.717, 1.165) is 5.56 Å². The molecule has 1 aromatic carbocycles. The molecule has 0 bridgehead atoms. The van der Waals surface area contributed by atoms with E-state index in [2.05, 4.69) is 0 Å². The molecule has 1 rings (SSSR count). The molecular weight excluding hydrogens is 206 g/mol. The van der Waals surface area contributed by atoms with Crippen LogP contribution in [0.25, 0.3) is 0 Å². The maximum Gasteiger partial charge on any atom is 0.335 e. The summed E-state index contributed by atoms with van der Waals surface area (Å²) < 4.78 is 9.89. The quantitative estimate of drug-likeness (QED) is 0.462. The second-order valence-electron chi connectivity index (χ2n) is 3.09. The first-order chi connectivity index (χ1) is 7.77. The fourth-order valence-electron chi connectivity index (χ4n) is 1.15. The molecule has 0 spiro atoms. The third-order valence-corrected chi connectivity index (χ3v) is 1.92. The van der Waals surface area contributed by atoms with Crippen LogP contribution >= 0.6 is 0 Å². The minimum Gasteiger partial charge on any atom is -0.423 e. The number of hydrogen-bond acceptors (Lipinski definition) is 4. The molecule has 0 unspecified atom stereocenters. The Hall–Kier alpha value is -1.65. The van der Waals surface area contributed by atoms with Crippen LogP contribution in [0, 0.1) is 0 Å². The van der Waals surface area contributed by atoms with Crippen molar-refractivity contribution in [2.45, 2.75) is 6.54 Å². The molecule has 0 amide bonds. The van der Waals surface area contributed by atoms with Gasteiger partial charge in [-0.05, 0) is 6.07 Å². The number of ether oxygens (including phenoxy) is 2. The molecule has 2 N–H and O–H groups in total. The van der Waals surface area contributed by atoms with Gasteiger partial charge in [-0.15, -0.1) is 0 Å². The van der Waals surface area contributed by atoms with E-state index in [1.54, 1.807) is 25.3 Å². The predicted molar refractivity (Wildman–Crippen MR) is 61.0 cm³/mol. The van der Waals surface area contributed by atoms with E-state index in [9.17, 15) is 4.79 Å². The van der Waals surface area contributed by atoms with Crippen LogP contribution in [0.5, 0.6) is 5.75 Å². The molecule has 0 aromatic heterocycles. The highest BCUT2D eigenvalue weighted by Crippen LogP contribution is 2.17. The first-order valence-electron chi connectivity index (χ1n) is 4.93. The van der Waals surface area contributed by atoms with E-state index in [4.69, 9.17) is 15.2 Å². The Morgan fingerprint density at radius 1 is 1.44 bits per heavy atom. The Balaban J connectivity index is 2.62. The maximum atomic E-state index is 11.4. The van der Waals surface area contributed by atoms with Gasteiger partial charge >= 0.3 is 5.97 Å². The first kappa shape index (κ1) is 12.4. The predicted octanol–water partition coefficient (Wildman–Crippen LogP) is 1.25. The molecule has 0 aliphatic carbocycles. The van der Waals surface area contributed by atoms with Gasteiger partial charge in [-0.3, -0.25) is 0 Å². The van der Waals surface area contributed by atoms with Crippen LogP contribution in [0.15, 0.2) is 36.4 Å². The lowest BCUT2D eigenvalue weighted by Gasteiger charge is -2.06. The molecule has 86 valence electrons. The third kappa shape index (κ3) is 3.84. The number of carbonyl (C=O) groups excluding carboxylic acids is 1.